The van der Waals surface area contributed by atoms with Gasteiger partial charge in [0.15, 0.2) is 0 Å². The third-order valence-corrected chi connectivity index (χ3v) is 9.39. The van der Waals surface area contributed by atoms with E-state index < -0.39 is 57.6 Å². The standard InChI is InChI=1S/C24H25Cl2N5O8S/c1-13(2)28-12-21-29(40(38,39)20-8-5-15(25)10-17(20)26)11-18(27-24(34)35)22(32)30(21)19(23(28)33)9-14-3-6-16(7-4-14)31(36)37/h3-8,10,13,18-19,21,27H,9,11-12H2,1-2H3,(H,34,35). The molecule has 0 saturated carbocycles. The van der Waals surface area contributed by atoms with Crippen molar-refractivity contribution in [2.45, 2.75) is 49.5 Å². The molecule has 0 bridgehead atoms. The van der Waals surface area contributed by atoms with E-state index in [2.05, 4.69) is 5.32 Å². The monoisotopic (exact) mass is 613 g/mol. The molecule has 2 N–H and O–H groups in total. The number of nitrogens with zero attached hydrogens (tertiary/aromatic N) is 4. The Balaban J connectivity index is 1.83. The van der Waals surface area contributed by atoms with Crippen LogP contribution in [0, 0.1) is 10.1 Å². The quantitative estimate of drug-likeness (QED) is 0.354. The largest absolute Gasteiger partial charge is 0.465 e. The van der Waals surface area contributed by atoms with Crippen LogP contribution in [0.5, 0.6) is 0 Å². The maximum absolute atomic E-state index is 14.0. The van der Waals surface area contributed by atoms with Crippen LogP contribution in [0.3, 0.4) is 0 Å². The van der Waals surface area contributed by atoms with Crippen LogP contribution in [-0.4, -0.2) is 87.8 Å². The first-order chi connectivity index (χ1) is 18.7. The fraction of sp³-hybridized carbons (Fsp3) is 0.375. The predicted octanol–water partition coefficient (Wildman–Crippen LogP) is 2.56. The molecule has 3 unspecified atom stereocenters. The molecule has 16 heteroatoms. The first-order valence-electron chi connectivity index (χ1n) is 12.0. The van der Waals surface area contributed by atoms with Crippen molar-refractivity contribution in [2.24, 2.45) is 0 Å². The number of nitro groups is 1. The van der Waals surface area contributed by atoms with Gasteiger partial charge in [0.05, 0.1) is 16.5 Å². The van der Waals surface area contributed by atoms with Gasteiger partial charge in [-0.1, -0.05) is 35.3 Å². The number of rotatable bonds is 7. The average molecular weight is 614 g/mol. The summed E-state index contributed by atoms with van der Waals surface area (Å²) in [5.74, 6) is -1.25. The smallest absolute Gasteiger partial charge is 0.405 e. The summed E-state index contributed by atoms with van der Waals surface area (Å²) in [4.78, 5) is 51.6. The zero-order chi connectivity index (χ0) is 29.5. The lowest BCUT2D eigenvalue weighted by Crippen LogP contribution is -2.76. The molecule has 2 aromatic rings. The summed E-state index contributed by atoms with van der Waals surface area (Å²) in [6.45, 7) is 2.76. The van der Waals surface area contributed by atoms with Crippen LogP contribution in [0.4, 0.5) is 10.5 Å². The molecular weight excluding hydrogens is 589 g/mol. The molecule has 2 saturated heterocycles. The van der Waals surface area contributed by atoms with Gasteiger partial charge in [-0.3, -0.25) is 19.7 Å². The SMILES string of the molecule is CC(C)N1CC2N(C(=O)C(NC(=O)O)CN2S(=O)(=O)c2ccc(Cl)cc2Cl)C(Cc2ccc([N+](=O)[O-])cc2)C1=O. The highest BCUT2D eigenvalue weighted by molar-refractivity contribution is 7.89. The van der Waals surface area contributed by atoms with E-state index in [1.165, 1.54) is 47.4 Å². The number of non-ortho nitro benzene ring substituents is 1. The number of fused-ring (bicyclic) bond motifs is 1. The molecule has 4 rings (SSSR count). The Bertz CT molecular complexity index is 1470. The van der Waals surface area contributed by atoms with Crippen LogP contribution >= 0.6 is 23.2 Å². The number of halogens is 2. The van der Waals surface area contributed by atoms with Crippen molar-refractivity contribution in [1.29, 1.82) is 0 Å². The number of carboxylic acid groups (broad SMARTS) is 1. The Morgan fingerprint density at radius 2 is 1.77 bits per heavy atom. The van der Waals surface area contributed by atoms with Gasteiger partial charge < -0.3 is 20.2 Å². The van der Waals surface area contributed by atoms with Gasteiger partial charge in [-0.25, -0.2) is 13.2 Å². The zero-order valence-electron chi connectivity index (χ0n) is 21.2. The van der Waals surface area contributed by atoms with Crippen LogP contribution in [0.15, 0.2) is 47.4 Å². The molecule has 2 aliphatic heterocycles. The van der Waals surface area contributed by atoms with Gasteiger partial charge in [0.2, 0.25) is 21.8 Å². The number of nitro benzene ring substituents is 1. The molecule has 3 atom stereocenters. The normalized spacial score (nSPS) is 21.9. The van der Waals surface area contributed by atoms with Gasteiger partial charge in [0.1, 0.15) is 23.1 Å². The fourth-order valence-electron chi connectivity index (χ4n) is 4.92. The summed E-state index contributed by atoms with van der Waals surface area (Å²) in [7, 11) is -4.45. The predicted molar refractivity (Wildman–Crippen MR) is 143 cm³/mol. The van der Waals surface area contributed by atoms with Crippen LogP contribution < -0.4 is 5.32 Å². The third-order valence-electron chi connectivity index (χ3n) is 6.81. The highest BCUT2D eigenvalue weighted by Crippen LogP contribution is 2.35. The van der Waals surface area contributed by atoms with E-state index in [4.69, 9.17) is 23.2 Å². The summed E-state index contributed by atoms with van der Waals surface area (Å²) in [5, 5.41) is 22.5. The third kappa shape index (κ3) is 5.57. The van der Waals surface area contributed by atoms with Gasteiger partial charge in [-0.2, -0.15) is 4.31 Å². The number of nitrogens with one attached hydrogen (secondary N) is 1. The van der Waals surface area contributed by atoms with Gasteiger partial charge >= 0.3 is 6.09 Å². The number of amides is 3. The molecule has 2 aliphatic rings. The van der Waals surface area contributed by atoms with Crippen LogP contribution in [0.1, 0.15) is 19.4 Å². The Kier molecular flexibility index (Phi) is 8.26. The maximum Gasteiger partial charge on any atom is 0.405 e. The highest BCUT2D eigenvalue weighted by Gasteiger charge is 2.54. The van der Waals surface area contributed by atoms with Crippen LogP contribution in [-0.2, 0) is 26.0 Å². The first-order valence-corrected chi connectivity index (χ1v) is 14.2. The van der Waals surface area contributed by atoms with E-state index >= 15 is 0 Å². The van der Waals surface area contributed by atoms with Crippen molar-refractivity contribution < 1.29 is 32.8 Å². The molecule has 0 radical (unpaired) electrons. The first kappa shape index (κ1) is 29.5. The fourth-order valence-corrected chi connectivity index (χ4v) is 7.25. The van der Waals surface area contributed by atoms with Gasteiger partial charge in [0.25, 0.3) is 5.69 Å². The van der Waals surface area contributed by atoms with Crippen LogP contribution in [0.2, 0.25) is 10.0 Å². The summed E-state index contributed by atoms with van der Waals surface area (Å²) >= 11 is 12.2. The van der Waals surface area contributed by atoms with Gasteiger partial charge in [-0.15, -0.1) is 0 Å². The van der Waals surface area contributed by atoms with E-state index in [1.807, 2.05) is 0 Å². The number of carbonyl (C=O) groups is 3. The lowest BCUT2D eigenvalue weighted by molar-refractivity contribution is -0.384. The second kappa shape index (κ2) is 11.2. The maximum atomic E-state index is 14.0. The van der Waals surface area contributed by atoms with Crippen molar-refractivity contribution in [3.63, 3.8) is 0 Å². The Labute approximate surface area is 239 Å². The van der Waals surface area contributed by atoms with Gasteiger partial charge in [0, 0.05) is 36.2 Å². The number of benzene rings is 2. The summed E-state index contributed by atoms with van der Waals surface area (Å²) in [5.41, 5.74) is 0.307. The van der Waals surface area contributed by atoms with E-state index in [0.717, 1.165) is 9.21 Å². The lowest BCUT2D eigenvalue weighted by Gasteiger charge is -2.54. The molecule has 2 aromatic carbocycles. The molecular formula is C24H25Cl2N5O8S. The molecule has 2 heterocycles. The molecule has 2 fully saturated rings. The second-order valence-corrected chi connectivity index (χ2v) is 12.3. The van der Waals surface area contributed by atoms with Crippen molar-refractivity contribution >= 4 is 56.8 Å². The molecule has 0 spiro atoms. The second-order valence-electron chi connectivity index (χ2n) is 9.61. The number of carbonyl (C=O) groups excluding carboxylic acids is 2. The summed E-state index contributed by atoms with van der Waals surface area (Å²) in [6.07, 6.45) is -2.85. The number of hydrogen-bond acceptors (Lipinski definition) is 7. The van der Waals surface area contributed by atoms with Gasteiger partial charge in [-0.05, 0) is 37.6 Å². The van der Waals surface area contributed by atoms with Crippen molar-refractivity contribution in [1.82, 2.24) is 19.4 Å². The van der Waals surface area contributed by atoms with Crippen LogP contribution in [0.25, 0.3) is 0 Å². The average Bonchev–Trinajstić information content (AvgIpc) is 2.86. The van der Waals surface area contributed by atoms with E-state index in [9.17, 15) is 38.0 Å². The Hall–Kier alpha value is -3.46. The Morgan fingerprint density at radius 3 is 2.33 bits per heavy atom. The van der Waals surface area contributed by atoms with E-state index in [1.54, 1.807) is 13.8 Å². The molecule has 0 aromatic heterocycles. The molecule has 13 nitrogen and oxygen atoms in total. The number of hydrogen-bond donors (Lipinski definition) is 2. The van der Waals surface area contributed by atoms with Crippen molar-refractivity contribution in [2.75, 3.05) is 13.1 Å². The zero-order valence-corrected chi connectivity index (χ0v) is 23.6. The Morgan fingerprint density at radius 1 is 1.12 bits per heavy atom. The van der Waals surface area contributed by atoms with Crippen molar-refractivity contribution in [3.8, 4) is 0 Å². The molecule has 40 heavy (non-hydrogen) atoms. The summed E-state index contributed by atoms with van der Waals surface area (Å²) < 4.78 is 28.9. The van der Waals surface area contributed by atoms with E-state index in [0.29, 0.717) is 5.56 Å². The minimum atomic E-state index is -4.45. The highest BCUT2D eigenvalue weighted by atomic mass is 35.5. The van der Waals surface area contributed by atoms with E-state index in [-0.39, 0.29) is 39.6 Å². The number of piperazine rings is 1. The lowest BCUT2D eigenvalue weighted by atomic mass is 9.96. The molecule has 214 valence electrons. The molecule has 3 amide bonds. The van der Waals surface area contributed by atoms with Crippen molar-refractivity contribution in [3.05, 3.63) is 68.2 Å². The minimum Gasteiger partial charge on any atom is -0.465 e. The summed E-state index contributed by atoms with van der Waals surface area (Å²) in [6, 6.07) is 6.07. The topological polar surface area (TPSA) is 170 Å². The minimum absolute atomic E-state index is 0.0995. The molecule has 0 aliphatic carbocycles. The number of sulfonamides is 1.